The SMILES string of the molecule is COC(=N)c1cccc(C2(C)CCN(Cc3ccccc3)CC2)c1. The Morgan fingerprint density at radius 1 is 1.08 bits per heavy atom. The van der Waals surface area contributed by atoms with Gasteiger partial charge in [0.15, 0.2) is 0 Å². The standard InChI is InChI=1S/C21H26N2O/c1-21(19-10-6-9-18(15-19)20(22)24-2)11-13-23(14-12-21)16-17-7-4-3-5-8-17/h3-10,15,22H,11-14,16H2,1-2H3. The van der Waals surface area contributed by atoms with Crippen molar-refractivity contribution in [2.75, 3.05) is 20.2 Å². The molecule has 126 valence electrons. The van der Waals surface area contributed by atoms with Crippen LogP contribution >= 0.6 is 0 Å². The number of nitrogens with one attached hydrogen (secondary N) is 1. The van der Waals surface area contributed by atoms with Gasteiger partial charge in [0.25, 0.3) is 0 Å². The molecule has 0 amide bonds. The number of rotatable bonds is 4. The summed E-state index contributed by atoms with van der Waals surface area (Å²) < 4.78 is 5.07. The number of benzene rings is 2. The van der Waals surface area contributed by atoms with Crippen molar-refractivity contribution < 1.29 is 4.74 Å². The van der Waals surface area contributed by atoms with E-state index < -0.39 is 0 Å². The predicted molar refractivity (Wildman–Crippen MR) is 98.6 cm³/mol. The smallest absolute Gasteiger partial charge is 0.212 e. The van der Waals surface area contributed by atoms with Crippen molar-refractivity contribution >= 4 is 5.90 Å². The second-order valence-electron chi connectivity index (χ2n) is 6.94. The van der Waals surface area contributed by atoms with Crippen LogP contribution in [0.15, 0.2) is 54.6 Å². The summed E-state index contributed by atoms with van der Waals surface area (Å²) in [6.07, 6.45) is 2.28. The summed E-state index contributed by atoms with van der Waals surface area (Å²) in [7, 11) is 1.55. The Morgan fingerprint density at radius 2 is 1.79 bits per heavy atom. The summed E-state index contributed by atoms with van der Waals surface area (Å²) in [4.78, 5) is 2.54. The summed E-state index contributed by atoms with van der Waals surface area (Å²) in [5.74, 6) is 0.238. The molecule has 0 atom stereocenters. The fourth-order valence-corrected chi connectivity index (χ4v) is 3.49. The lowest BCUT2D eigenvalue weighted by atomic mass is 9.74. The van der Waals surface area contributed by atoms with Crippen LogP contribution in [0.25, 0.3) is 0 Å². The quantitative estimate of drug-likeness (QED) is 0.676. The summed E-state index contributed by atoms with van der Waals surface area (Å²) in [6.45, 7) is 5.60. The molecule has 2 aromatic rings. The van der Waals surface area contributed by atoms with Crippen LogP contribution in [0.1, 0.15) is 36.5 Å². The third-order valence-electron chi connectivity index (χ3n) is 5.23. The Hall–Kier alpha value is -2.13. The van der Waals surface area contributed by atoms with Gasteiger partial charge in [0.1, 0.15) is 0 Å². The number of piperidine rings is 1. The van der Waals surface area contributed by atoms with Crippen LogP contribution < -0.4 is 0 Å². The Bertz CT molecular complexity index is 688. The van der Waals surface area contributed by atoms with Gasteiger partial charge in [0.2, 0.25) is 5.90 Å². The maximum Gasteiger partial charge on any atom is 0.212 e. The molecule has 1 fully saturated rings. The van der Waals surface area contributed by atoms with Gasteiger partial charge in [0, 0.05) is 12.1 Å². The first kappa shape index (κ1) is 16.7. The van der Waals surface area contributed by atoms with E-state index in [1.807, 2.05) is 12.1 Å². The molecule has 0 bridgehead atoms. The number of methoxy groups -OCH3 is 1. The van der Waals surface area contributed by atoms with Crippen LogP contribution in [0.2, 0.25) is 0 Å². The molecule has 1 aliphatic heterocycles. The zero-order valence-corrected chi connectivity index (χ0v) is 14.6. The highest BCUT2D eigenvalue weighted by Gasteiger charge is 2.31. The summed E-state index contributed by atoms with van der Waals surface area (Å²) in [5, 5.41) is 7.88. The number of hydrogen-bond acceptors (Lipinski definition) is 3. The summed E-state index contributed by atoms with van der Waals surface area (Å²) >= 11 is 0. The van der Waals surface area contributed by atoms with Gasteiger partial charge in [-0.2, -0.15) is 0 Å². The van der Waals surface area contributed by atoms with Gasteiger partial charge < -0.3 is 4.74 Å². The Labute approximate surface area is 144 Å². The molecule has 1 saturated heterocycles. The molecular formula is C21H26N2O. The largest absolute Gasteiger partial charge is 0.481 e. The van der Waals surface area contributed by atoms with Crippen LogP contribution in [0, 0.1) is 5.41 Å². The van der Waals surface area contributed by atoms with Gasteiger partial charge in [-0.25, -0.2) is 0 Å². The van der Waals surface area contributed by atoms with E-state index in [-0.39, 0.29) is 11.3 Å². The zero-order valence-electron chi connectivity index (χ0n) is 14.6. The molecular weight excluding hydrogens is 296 g/mol. The van der Waals surface area contributed by atoms with Crippen molar-refractivity contribution in [1.29, 1.82) is 5.41 Å². The van der Waals surface area contributed by atoms with E-state index in [1.165, 1.54) is 11.1 Å². The predicted octanol–water partition coefficient (Wildman–Crippen LogP) is 4.21. The zero-order chi connectivity index (χ0) is 17.0. The molecule has 0 aliphatic carbocycles. The normalized spacial score (nSPS) is 17.4. The molecule has 0 radical (unpaired) electrons. The van der Waals surface area contributed by atoms with Crippen LogP contribution in [0.5, 0.6) is 0 Å². The van der Waals surface area contributed by atoms with Crippen molar-refractivity contribution in [2.45, 2.75) is 31.7 Å². The van der Waals surface area contributed by atoms with Gasteiger partial charge in [0.05, 0.1) is 7.11 Å². The molecule has 0 spiro atoms. The maximum atomic E-state index is 7.88. The van der Waals surface area contributed by atoms with Crippen molar-refractivity contribution in [1.82, 2.24) is 4.90 Å². The number of likely N-dealkylation sites (tertiary alicyclic amines) is 1. The number of nitrogens with zero attached hydrogens (tertiary/aromatic N) is 1. The molecule has 3 rings (SSSR count). The molecule has 0 saturated carbocycles. The van der Waals surface area contributed by atoms with Crippen molar-refractivity contribution in [3.63, 3.8) is 0 Å². The average Bonchev–Trinajstić information content (AvgIpc) is 2.64. The molecule has 1 heterocycles. The Kier molecular flexibility index (Phi) is 5.00. The third kappa shape index (κ3) is 3.68. The molecule has 2 aromatic carbocycles. The first-order valence-electron chi connectivity index (χ1n) is 8.60. The highest BCUT2D eigenvalue weighted by atomic mass is 16.5. The molecule has 1 aliphatic rings. The lowest BCUT2D eigenvalue weighted by molar-refractivity contribution is 0.162. The van der Waals surface area contributed by atoms with E-state index in [1.54, 1.807) is 7.11 Å². The van der Waals surface area contributed by atoms with E-state index in [9.17, 15) is 0 Å². The van der Waals surface area contributed by atoms with Gasteiger partial charge in [-0.3, -0.25) is 10.3 Å². The van der Waals surface area contributed by atoms with Crippen LogP contribution in [0.3, 0.4) is 0 Å². The Morgan fingerprint density at radius 3 is 2.46 bits per heavy atom. The highest BCUT2D eigenvalue weighted by Crippen LogP contribution is 2.35. The molecule has 3 heteroatoms. The molecule has 0 unspecified atom stereocenters. The van der Waals surface area contributed by atoms with Crippen molar-refractivity contribution in [3.8, 4) is 0 Å². The minimum absolute atomic E-state index is 0.178. The summed E-state index contributed by atoms with van der Waals surface area (Å²) in [5.41, 5.74) is 3.75. The van der Waals surface area contributed by atoms with E-state index in [0.717, 1.165) is 38.0 Å². The van der Waals surface area contributed by atoms with Crippen LogP contribution in [-0.4, -0.2) is 31.0 Å². The van der Waals surface area contributed by atoms with Crippen molar-refractivity contribution in [3.05, 3.63) is 71.3 Å². The third-order valence-corrected chi connectivity index (χ3v) is 5.23. The highest BCUT2D eigenvalue weighted by molar-refractivity contribution is 5.91. The van der Waals surface area contributed by atoms with Gasteiger partial charge in [-0.15, -0.1) is 0 Å². The first-order valence-corrected chi connectivity index (χ1v) is 8.60. The lowest BCUT2D eigenvalue weighted by Gasteiger charge is -2.40. The molecule has 3 nitrogen and oxygen atoms in total. The topological polar surface area (TPSA) is 36.3 Å². The minimum Gasteiger partial charge on any atom is -0.481 e. The van der Waals surface area contributed by atoms with E-state index in [4.69, 9.17) is 10.1 Å². The lowest BCUT2D eigenvalue weighted by Crippen LogP contribution is -2.40. The van der Waals surface area contributed by atoms with E-state index in [0.29, 0.717) is 0 Å². The first-order chi connectivity index (χ1) is 11.6. The van der Waals surface area contributed by atoms with Crippen LogP contribution in [0.4, 0.5) is 0 Å². The number of hydrogen-bond donors (Lipinski definition) is 1. The Balaban J connectivity index is 1.67. The van der Waals surface area contributed by atoms with Crippen LogP contribution in [-0.2, 0) is 16.7 Å². The van der Waals surface area contributed by atoms with Gasteiger partial charge >= 0.3 is 0 Å². The second-order valence-corrected chi connectivity index (χ2v) is 6.94. The molecule has 24 heavy (non-hydrogen) atoms. The van der Waals surface area contributed by atoms with Gasteiger partial charge in [-0.05, 0) is 54.6 Å². The second kappa shape index (κ2) is 7.18. The summed E-state index contributed by atoms with van der Waals surface area (Å²) in [6, 6.07) is 19.0. The maximum absolute atomic E-state index is 7.88. The monoisotopic (exact) mass is 322 g/mol. The average molecular weight is 322 g/mol. The van der Waals surface area contributed by atoms with Crippen molar-refractivity contribution in [2.24, 2.45) is 0 Å². The fraction of sp³-hybridized carbons (Fsp3) is 0.381. The minimum atomic E-state index is 0.178. The molecule has 1 N–H and O–H groups in total. The fourth-order valence-electron chi connectivity index (χ4n) is 3.49. The van der Waals surface area contributed by atoms with E-state index >= 15 is 0 Å². The number of ether oxygens (including phenoxy) is 1. The molecule has 0 aromatic heterocycles. The van der Waals surface area contributed by atoms with E-state index in [2.05, 4.69) is 54.3 Å². The van der Waals surface area contributed by atoms with Gasteiger partial charge in [-0.1, -0.05) is 49.4 Å².